The van der Waals surface area contributed by atoms with Gasteiger partial charge in [-0.2, -0.15) is 0 Å². The summed E-state index contributed by atoms with van der Waals surface area (Å²) in [5.74, 6) is 1.07. The number of hydrogen-bond acceptors (Lipinski definition) is 3. The molecular weight excluding hydrogens is 260 g/mol. The topological polar surface area (TPSA) is 49.4 Å². The zero-order chi connectivity index (χ0) is 13.9. The minimum absolute atomic E-state index is 0.227. The van der Waals surface area contributed by atoms with E-state index in [1.807, 2.05) is 0 Å². The summed E-state index contributed by atoms with van der Waals surface area (Å²) in [7, 11) is -2.98. The van der Waals surface area contributed by atoms with Gasteiger partial charge in [-0.25, -0.2) is 12.7 Å². The summed E-state index contributed by atoms with van der Waals surface area (Å²) >= 11 is 0. The van der Waals surface area contributed by atoms with Crippen LogP contribution in [0.15, 0.2) is 0 Å². The van der Waals surface area contributed by atoms with Crippen molar-refractivity contribution >= 4 is 10.0 Å². The molecule has 1 heterocycles. The van der Waals surface area contributed by atoms with Crippen LogP contribution in [0, 0.1) is 5.92 Å². The average Bonchev–Trinajstić information content (AvgIpc) is 2.39. The summed E-state index contributed by atoms with van der Waals surface area (Å²) in [6.07, 6.45) is 7.20. The Hall–Kier alpha value is -0.130. The molecule has 0 radical (unpaired) electrons. The average molecular weight is 288 g/mol. The second-order valence-electron chi connectivity index (χ2n) is 6.21. The van der Waals surface area contributed by atoms with E-state index >= 15 is 0 Å². The fraction of sp³-hybridized carbons (Fsp3) is 1.00. The third-order valence-corrected chi connectivity index (χ3v) is 6.50. The molecule has 2 atom stereocenters. The maximum atomic E-state index is 11.8. The van der Waals surface area contributed by atoms with Gasteiger partial charge in [0.25, 0.3) is 0 Å². The highest BCUT2D eigenvalue weighted by Crippen LogP contribution is 2.25. The van der Waals surface area contributed by atoms with E-state index < -0.39 is 10.0 Å². The molecular formula is C14H28N2O2S. The fourth-order valence-electron chi connectivity index (χ4n) is 3.40. The van der Waals surface area contributed by atoms with Crippen LogP contribution in [0.5, 0.6) is 0 Å². The molecule has 112 valence electrons. The fourth-order valence-corrected chi connectivity index (χ4v) is 4.53. The van der Waals surface area contributed by atoms with Gasteiger partial charge in [-0.3, -0.25) is 0 Å². The Morgan fingerprint density at radius 1 is 1.11 bits per heavy atom. The Labute approximate surface area is 118 Å². The molecule has 0 aromatic rings. The lowest BCUT2D eigenvalue weighted by atomic mass is 9.86. The SMILES string of the molecule is CCS(=O)(=O)N1CCC(NC2CCCC(C)C2)CC1. The molecule has 19 heavy (non-hydrogen) atoms. The Balaban J connectivity index is 1.77. The molecule has 0 bridgehead atoms. The summed E-state index contributed by atoms with van der Waals surface area (Å²) in [6, 6.07) is 1.17. The van der Waals surface area contributed by atoms with Gasteiger partial charge in [-0.1, -0.05) is 19.8 Å². The van der Waals surface area contributed by atoms with E-state index in [2.05, 4.69) is 12.2 Å². The molecule has 2 unspecified atom stereocenters. The van der Waals surface area contributed by atoms with E-state index in [1.165, 1.54) is 25.7 Å². The van der Waals surface area contributed by atoms with Gasteiger partial charge < -0.3 is 5.32 Å². The third-order valence-electron chi connectivity index (χ3n) is 4.62. The summed E-state index contributed by atoms with van der Waals surface area (Å²) < 4.78 is 25.3. The summed E-state index contributed by atoms with van der Waals surface area (Å²) in [5.41, 5.74) is 0. The standard InChI is InChI=1S/C14H28N2O2S/c1-3-19(17,18)16-9-7-13(8-10-16)15-14-6-4-5-12(2)11-14/h12-15H,3-11H2,1-2H3. The Kier molecular flexibility index (Phi) is 5.26. The van der Waals surface area contributed by atoms with E-state index in [0.29, 0.717) is 25.2 Å². The molecule has 1 aliphatic carbocycles. The Morgan fingerprint density at radius 3 is 2.37 bits per heavy atom. The van der Waals surface area contributed by atoms with Crippen LogP contribution in [0.3, 0.4) is 0 Å². The molecule has 2 rings (SSSR count). The molecule has 0 spiro atoms. The van der Waals surface area contributed by atoms with Crippen molar-refractivity contribution in [3.8, 4) is 0 Å². The molecule has 0 amide bonds. The maximum Gasteiger partial charge on any atom is 0.213 e. The molecule has 5 heteroatoms. The second kappa shape index (κ2) is 6.55. The zero-order valence-electron chi connectivity index (χ0n) is 12.3. The first-order chi connectivity index (χ1) is 9.01. The van der Waals surface area contributed by atoms with Crippen molar-refractivity contribution in [2.24, 2.45) is 5.92 Å². The van der Waals surface area contributed by atoms with Crippen LogP contribution in [-0.2, 0) is 10.0 Å². The molecule has 1 saturated heterocycles. The monoisotopic (exact) mass is 288 g/mol. The van der Waals surface area contributed by atoms with E-state index in [1.54, 1.807) is 11.2 Å². The van der Waals surface area contributed by atoms with Crippen molar-refractivity contribution < 1.29 is 8.42 Å². The first-order valence-corrected chi connectivity index (χ1v) is 9.36. The van der Waals surface area contributed by atoms with Gasteiger partial charge in [-0.05, 0) is 38.5 Å². The molecule has 0 aromatic heterocycles. The lowest BCUT2D eigenvalue weighted by molar-refractivity contribution is 0.232. The number of hydrogen-bond donors (Lipinski definition) is 1. The van der Waals surface area contributed by atoms with E-state index in [0.717, 1.165) is 18.8 Å². The molecule has 1 saturated carbocycles. The van der Waals surface area contributed by atoms with Crippen molar-refractivity contribution in [1.29, 1.82) is 0 Å². The van der Waals surface area contributed by atoms with Crippen molar-refractivity contribution in [2.75, 3.05) is 18.8 Å². The summed E-state index contributed by atoms with van der Waals surface area (Å²) in [5, 5.41) is 3.76. The van der Waals surface area contributed by atoms with Gasteiger partial charge in [0, 0.05) is 25.2 Å². The molecule has 4 nitrogen and oxygen atoms in total. The van der Waals surface area contributed by atoms with Crippen LogP contribution in [0.1, 0.15) is 52.4 Å². The van der Waals surface area contributed by atoms with Crippen LogP contribution in [0.2, 0.25) is 0 Å². The summed E-state index contributed by atoms with van der Waals surface area (Å²) in [6.45, 7) is 5.44. The molecule has 1 N–H and O–H groups in total. The predicted molar refractivity (Wildman–Crippen MR) is 78.6 cm³/mol. The first kappa shape index (κ1) is 15.3. The summed E-state index contributed by atoms with van der Waals surface area (Å²) in [4.78, 5) is 0. The van der Waals surface area contributed by atoms with Crippen LogP contribution in [-0.4, -0.2) is 43.6 Å². The second-order valence-corrected chi connectivity index (χ2v) is 8.47. The van der Waals surface area contributed by atoms with Crippen molar-refractivity contribution in [1.82, 2.24) is 9.62 Å². The third kappa shape index (κ3) is 4.17. The Bertz CT molecular complexity index is 375. The highest BCUT2D eigenvalue weighted by atomic mass is 32.2. The normalized spacial score (nSPS) is 31.5. The smallest absolute Gasteiger partial charge is 0.213 e. The maximum absolute atomic E-state index is 11.8. The van der Waals surface area contributed by atoms with Crippen LogP contribution in [0.4, 0.5) is 0 Å². The van der Waals surface area contributed by atoms with Crippen LogP contribution in [0.25, 0.3) is 0 Å². The molecule has 0 aromatic carbocycles. The van der Waals surface area contributed by atoms with Gasteiger partial charge >= 0.3 is 0 Å². The number of nitrogens with zero attached hydrogens (tertiary/aromatic N) is 1. The lowest BCUT2D eigenvalue weighted by Gasteiger charge is -2.36. The van der Waals surface area contributed by atoms with E-state index in [4.69, 9.17) is 0 Å². The minimum Gasteiger partial charge on any atom is -0.311 e. The van der Waals surface area contributed by atoms with E-state index in [-0.39, 0.29) is 5.75 Å². The van der Waals surface area contributed by atoms with Gasteiger partial charge in [0.1, 0.15) is 0 Å². The molecule has 2 fully saturated rings. The van der Waals surface area contributed by atoms with Crippen molar-refractivity contribution in [2.45, 2.75) is 64.5 Å². The largest absolute Gasteiger partial charge is 0.311 e. The first-order valence-electron chi connectivity index (χ1n) is 7.75. The van der Waals surface area contributed by atoms with Crippen LogP contribution < -0.4 is 5.32 Å². The van der Waals surface area contributed by atoms with Gasteiger partial charge in [0.05, 0.1) is 5.75 Å². The zero-order valence-corrected chi connectivity index (χ0v) is 13.1. The molecule has 2 aliphatic rings. The van der Waals surface area contributed by atoms with Crippen LogP contribution >= 0.6 is 0 Å². The number of rotatable bonds is 4. The van der Waals surface area contributed by atoms with Crippen molar-refractivity contribution in [3.63, 3.8) is 0 Å². The quantitative estimate of drug-likeness (QED) is 0.860. The van der Waals surface area contributed by atoms with Gasteiger partial charge in [0.2, 0.25) is 10.0 Å². The number of nitrogens with one attached hydrogen (secondary N) is 1. The lowest BCUT2D eigenvalue weighted by Crippen LogP contribution is -2.48. The molecule has 1 aliphatic heterocycles. The Morgan fingerprint density at radius 2 is 1.79 bits per heavy atom. The van der Waals surface area contributed by atoms with Crippen molar-refractivity contribution in [3.05, 3.63) is 0 Å². The predicted octanol–water partition coefficient (Wildman–Crippen LogP) is 1.97. The van der Waals surface area contributed by atoms with E-state index in [9.17, 15) is 8.42 Å². The highest BCUT2D eigenvalue weighted by molar-refractivity contribution is 7.89. The van der Waals surface area contributed by atoms with Gasteiger partial charge in [0.15, 0.2) is 0 Å². The van der Waals surface area contributed by atoms with Gasteiger partial charge in [-0.15, -0.1) is 0 Å². The number of piperidine rings is 1. The highest BCUT2D eigenvalue weighted by Gasteiger charge is 2.28. The minimum atomic E-state index is -2.98. The number of sulfonamides is 1.